The number of nitrogens with zero attached hydrogens (tertiary/aromatic N) is 2. The average Bonchev–Trinajstić information content (AvgIpc) is 3.58. The fourth-order valence-corrected chi connectivity index (χ4v) is 4.16. The lowest BCUT2D eigenvalue weighted by molar-refractivity contribution is -0.137. The topological polar surface area (TPSA) is 71.2 Å². The van der Waals surface area contributed by atoms with Gasteiger partial charge in [0.15, 0.2) is 0 Å². The predicted octanol–water partition coefficient (Wildman–Crippen LogP) is 5.22. The normalized spacial score (nSPS) is 19.5. The lowest BCUT2D eigenvalue weighted by Gasteiger charge is -2.43. The molecule has 5 nitrogen and oxygen atoms in total. The van der Waals surface area contributed by atoms with Crippen molar-refractivity contribution in [1.29, 1.82) is 10.8 Å². The van der Waals surface area contributed by atoms with Gasteiger partial charge in [-0.15, -0.1) is 0 Å². The molecule has 9 heteroatoms. The highest BCUT2D eigenvalue weighted by atomic mass is 35.5. The van der Waals surface area contributed by atoms with Crippen molar-refractivity contribution in [2.24, 2.45) is 5.92 Å². The number of nitrogens with one attached hydrogen (secondary N) is 2. The van der Waals surface area contributed by atoms with Crippen LogP contribution in [0.25, 0.3) is 0 Å². The average molecular weight is 449 g/mol. The molecule has 31 heavy (non-hydrogen) atoms. The first-order valence-electron chi connectivity index (χ1n) is 9.86. The Labute approximate surface area is 182 Å². The van der Waals surface area contributed by atoms with Gasteiger partial charge in [0, 0.05) is 19.0 Å². The molecule has 1 atom stereocenters. The van der Waals surface area contributed by atoms with Crippen LogP contribution in [0, 0.1) is 16.7 Å². The first-order valence-corrected chi connectivity index (χ1v) is 10.2. The van der Waals surface area contributed by atoms with Crippen molar-refractivity contribution in [2.75, 3.05) is 13.1 Å². The van der Waals surface area contributed by atoms with E-state index in [9.17, 15) is 18.0 Å². The summed E-state index contributed by atoms with van der Waals surface area (Å²) in [4.78, 5) is 16.3. The summed E-state index contributed by atoms with van der Waals surface area (Å²) in [5.41, 5.74) is -0.673. The minimum absolute atomic E-state index is 0.0609. The first kappa shape index (κ1) is 21.4. The Morgan fingerprint density at radius 3 is 2.32 bits per heavy atom. The van der Waals surface area contributed by atoms with Gasteiger partial charge in [0.05, 0.1) is 16.1 Å². The van der Waals surface area contributed by atoms with Gasteiger partial charge in [-0.1, -0.05) is 48.0 Å². The van der Waals surface area contributed by atoms with E-state index in [1.807, 2.05) is 0 Å². The molecule has 162 valence electrons. The van der Waals surface area contributed by atoms with E-state index in [1.54, 1.807) is 35.2 Å². The molecular formula is C22H20ClF3N4O. The Bertz CT molecular complexity index is 1040. The summed E-state index contributed by atoms with van der Waals surface area (Å²) in [6.07, 6.45) is -2.88. The molecule has 1 aliphatic heterocycles. The third kappa shape index (κ3) is 4.04. The van der Waals surface area contributed by atoms with Crippen molar-refractivity contribution in [2.45, 2.75) is 25.1 Å². The number of piperazine rings is 1. The van der Waals surface area contributed by atoms with Crippen molar-refractivity contribution in [1.82, 2.24) is 9.80 Å². The van der Waals surface area contributed by atoms with Crippen molar-refractivity contribution < 1.29 is 18.0 Å². The third-order valence-corrected chi connectivity index (χ3v) is 6.00. The molecule has 0 bridgehead atoms. The molecule has 2 fully saturated rings. The lowest BCUT2D eigenvalue weighted by atomic mass is 9.98. The van der Waals surface area contributed by atoms with Gasteiger partial charge in [-0.2, -0.15) is 13.2 Å². The molecular weight excluding hydrogens is 429 g/mol. The molecule has 1 saturated heterocycles. The zero-order valence-electron chi connectivity index (χ0n) is 16.4. The van der Waals surface area contributed by atoms with E-state index in [4.69, 9.17) is 22.4 Å². The SMILES string of the molecule is N=C(C1CC1)N1CCN(C(=O)c2cccc(C(F)(F)F)c2Cl)C(c2ccccc2)C1=N. The number of carbonyl (C=O) groups is 1. The molecule has 1 aliphatic carbocycles. The van der Waals surface area contributed by atoms with Crippen LogP contribution in [0.5, 0.6) is 0 Å². The molecule has 1 heterocycles. The Hall–Kier alpha value is -2.87. The molecule has 1 amide bonds. The van der Waals surface area contributed by atoms with Crippen molar-refractivity contribution in [3.63, 3.8) is 0 Å². The minimum atomic E-state index is -4.68. The predicted molar refractivity (Wildman–Crippen MR) is 112 cm³/mol. The number of benzene rings is 2. The Morgan fingerprint density at radius 1 is 1.03 bits per heavy atom. The second kappa shape index (κ2) is 8.00. The van der Waals surface area contributed by atoms with E-state index in [0.717, 1.165) is 25.0 Å². The maximum atomic E-state index is 13.4. The summed E-state index contributed by atoms with van der Waals surface area (Å²) < 4.78 is 39.9. The van der Waals surface area contributed by atoms with Crippen molar-refractivity contribution in [3.8, 4) is 0 Å². The van der Waals surface area contributed by atoms with Gasteiger partial charge in [-0.25, -0.2) is 0 Å². The highest BCUT2D eigenvalue weighted by Crippen LogP contribution is 2.39. The second-order valence-electron chi connectivity index (χ2n) is 7.67. The van der Waals surface area contributed by atoms with Gasteiger partial charge in [-0.3, -0.25) is 15.6 Å². The zero-order chi connectivity index (χ0) is 22.3. The van der Waals surface area contributed by atoms with E-state index in [0.29, 0.717) is 11.4 Å². The van der Waals surface area contributed by atoms with Gasteiger partial charge in [0.1, 0.15) is 17.7 Å². The van der Waals surface area contributed by atoms with Crippen LogP contribution in [-0.4, -0.2) is 40.5 Å². The third-order valence-electron chi connectivity index (χ3n) is 5.59. The second-order valence-corrected chi connectivity index (χ2v) is 8.05. The first-order chi connectivity index (χ1) is 14.7. The highest BCUT2D eigenvalue weighted by molar-refractivity contribution is 6.34. The maximum Gasteiger partial charge on any atom is 0.417 e. The number of halogens is 4. The Morgan fingerprint density at radius 2 is 1.71 bits per heavy atom. The lowest BCUT2D eigenvalue weighted by Crippen LogP contribution is -2.55. The van der Waals surface area contributed by atoms with Gasteiger partial charge in [-0.05, 0) is 30.5 Å². The maximum absolute atomic E-state index is 13.4. The van der Waals surface area contributed by atoms with E-state index in [-0.39, 0.29) is 30.4 Å². The monoisotopic (exact) mass is 448 g/mol. The molecule has 0 radical (unpaired) electrons. The molecule has 2 aromatic rings. The number of hydrogen-bond donors (Lipinski definition) is 2. The largest absolute Gasteiger partial charge is 0.417 e. The molecule has 1 unspecified atom stereocenters. The number of alkyl halides is 3. The molecule has 2 aliphatic rings. The van der Waals surface area contributed by atoms with E-state index in [2.05, 4.69) is 0 Å². The summed E-state index contributed by atoms with van der Waals surface area (Å²) >= 11 is 6.00. The molecule has 2 aromatic carbocycles. The summed E-state index contributed by atoms with van der Waals surface area (Å²) in [5.74, 6) is -0.134. The number of amides is 1. The molecule has 0 aromatic heterocycles. The van der Waals surface area contributed by atoms with Crippen LogP contribution in [-0.2, 0) is 6.18 Å². The number of carbonyl (C=O) groups excluding carboxylic acids is 1. The van der Waals surface area contributed by atoms with Crippen LogP contribution in [0.3, 0.4) is 0 Å². The van der Waals surface area contributed by atoms with Gasteiger partial charge in [0.2, 0.25) is 0 Å². The number of rotatable bonds is 3. The minimum Gasteiger partial charge on any atom is -0.323 e. The Kier molecular flexibility index (Phi) is 5.51. The van der Waals surface area contributed by atoms with Gasteiger partial charge in [0.25, 0.3) is 5.91 Å². The number of amidine groups is 2. The van der Waals surface area contributed by atoms with Crippen molar-refractivity contribution in [3.05, 3.63) is 70.2 Å². The van der Waals surface area contributed by atoms with Crippen LogP contribution in [0.1, 0.15) is 40.4 Å². The Balaban J connectivity index is 1.72. The fraction of sp³-hybridized carbons (Fsp3) is 0.318. The smallest absolute Gasteiger partial charge is 0.323 e. The van der Waals surface area contributed by atoms with Gasteiger partial charge < -0.3 is 9.80 Å². The number of hydrogen-bond acceptors (Lipinski definition) is 3. The van der Waals surface area contributed by atoms with Crippen LogP contribution in [0.15, 0.2) is 48.5 Å². The molecule has 4 rings (SSSR count). The van der Waals surface area contributed by atoms with Gasteiger partial charge >= 0.3 is 6.18 Å². The van der Waals surface area contributed by atoms with Crippen molar-refractivity contribution >= 4 is 29.2 Å². The standard InChI is InChI=1S/C22H20ClF3N4O/c23-17-15(7-4-8-16(17)22(24,25)26)21(31)29-11-12-30(19(27)14-9-10-14)20(28)18(29)13-5-2-1-3-6-13/h1-8,14,18,27-28H,9-12H2. The molecule has 2 N–H and O–H groups in total. The summed E-state index contributed by atoms with van der Waals surface area (Å²) in [6, 6.07) is 11.3. The van der Waals surface area contributed by atoms with Crippen LogP contribution >= 0.6 is 11.6 Å². The molecule has 0 spiro atoms. The quantitative estimate of drug-likeness (QED) is 0.499. The fourth-order valence-electron chi connectivity index (χ4n) is 3.84. The van der Waals surface area contributed by atoms with E-state index >= 15 is 0 Å². The summed E-state index contributed by atoms with van der Waals surface area (Å²) in [5, 5.41) is 16.5. The highest BCUT2D eigenvalue weighted by Gasteiger charge is 2.42. The van der Waals surface area contributed by atoms with Crippen LogP contribution in [0.2, 0.25) is 5.02 Å². The summed E-state index contributed by atoms with van der Waals surface area (Å²) in [7, 11) is 0. The van der Waals surface area contributed by atoms with E-state index in [1.165, 1.54) is 11.0 Å². The van der Waals surface area contributed by atoms with Crippen LogP contribution in [0.4, 0.5) is 13.2 Å². The zero-order valence-corrected chi connectivity index (χ0v) is 17.2. The van der Waals surface area contributed by atoms with Crippen LogP contribution < -0.4 is 0 Å². The van der Waals surface area contributed by atoms with E-state index < -0.39 is 28.7 Å². The summed E-state index contributed by atoms with van der Waals surface area (Å²) in [6.45, 7) is 0.391. The molecule has 1 saturated carbocycles.